The average molecular weight is 341 g/mol. The van der Waals surface area contributed by atoms with E-state index in [1.807, 2.05) is 0 Å². The van der Waals surface area contributed by atoms with Crippen LogP contribution in [0.5, 0.6) is 0 Å². The normalized spacial score (nSPS) is 13.4. The molecule has 0 aromatic heterocycles. The molecule has 0 saturated heterocycles. The summed E-state index contributed by atoms with van der Waals surface area (Å²) >= 11 is -3.09. The Balaban J connectivity index is 0.00000361. The van der Waals surface area contributed by atoms with Gasteiger partial charge < -0.3 is 4.55 Å². The van der Waals surface area contributed by atoms with Gasteiger partial charge in [-0.3, -0.25) is 14.3 Å². The molecule has 1 atom stereocenters. The van der Waals surface area contributed by atoms with Gasteiger partial charge in [0.2, 0.25) is 0 Å². The molecular weight excluding hydrogens is 338 g/mol. The maximum absolute atomic E-state index is 12.2. The second-order valence-corrected chi connectivity index (χ2v) is 5.92. The van der Waals surface area contributed by atoms with Crippen molar-refractivity contribution in [3.63, 3.8) is 0 Å². The van der Waals surface area contributed by atoms with Gasteiger partial charge >= 0.3 is 35.1 Å². The van der Waals surface area contributed by atoms with Crippen molar-refractivity contribution in [2.45, 2.75) is 15.3 Å². The molecule has 0 aliphatic rings. The summed E-state index contributed by atoms with van der Waals surface area (Å²) in [5.41, 5.74) is -6.89. The van der Waals surface area contributed by atoms with Gasteiger partial charge in [0.1, 0.15) is 4.90 Å². The quantitative estimate of drug-likeness (QED) is 0.275. The number of benzene rings is 1. The van der Waals surface area contributed by atoms with E-state index in [4.69, 9.17) is 0 Å². The monoisotopic (exact) mass is 341 g/mol. The molecule has 0 saturated carbocycles. The molecule has 1 aromatic rings. The van der Waals surface area contributed by atoms with Crippen LogP contribution in [-0.2, 0) is 20.9 Å². The van der Waals surface area contributed by atoms with Gasteiger partial charge in [0.25, 0.3) is 15.5 Å². The summed E-state index contributed by atoms with van der Waals surface area (Å²) in [4.78, 5) is 6.91. The van der Waals surface area contributed by atoms with Crippen molar-refractivity contribution in [2.24, 2.45) is 0 Å². The fraction of sp³-hybridized carbons (Fsp3) is 0.143. The van der Waals surface area contributed by atoms with Crippen molar-refractivity contribution in [1.29, 1.82) is 0 Å². The van der Waals surface area contributed by atoms with Crippen LogP contribution >= 0.6 is 0 Å². The van der Waals surface area contributed by atoms with Crippen molar-refractivity contribution in [2.75, 3.05) is 0 Å². The van der Waals surface area contributed by atoms with Gasteiger partial charge in [0, 0.05) is 6.07 Å². The molecule has 0 radical (unpaired) electrons. The molecule has 0 heterocycles. The number of halogens is 3. The van der Waals surface area contributed by atoms with Crippen LogP contribution < -0.4 is 29.6 Å². The van der Waals surface area contributed by atoms with Gasteiger partial charge in [0.15, 0.2) is 0 Å². The number of rotatable bonds is 3. The van der Waals surface area contributed by atoms with Crippen molar-refractivity contribution in [3.8, 4) is 0 Å². The summed E-state index contributed by atoms with van der Waals surface area (Å²) in [6, 6.07) is 0.800. The first kappa shape index (κ1) is 19.5. The average Bonchev–Trinajstić information content (AvgIpc) is 2.26. The maximum atomic E-state index is 12.2. The summed E-state index contributed by atoms with van der Waals surface area (Å²) in [6.45, 7) is 0. The van der Waals surface area contributed by atoms with E-state index in [1.165, 1.54) is 0 Å². The largest absolute Gasteiger partial charge is 1.00 e. The number of alkyl halides is 3. The number of nitrogens with zero attached hydrogens (tertiary/aromatic N) is 1. The van der Waals surface area contributed by atoms with Crippen LogP contribution in [0.25, 0.3) is 0 Å². The first-order valence-electron chi connectivity index (χ1n) is 4.17. The predicted molar refractivity (Wildman–Crippen MR) is 53.5 cm³/mol. The van der Waals surface area contributed by atoms with Gasteiger partial charge in [-0.05, 0) is 23.2 Å². The molecule has 1 aromatic carbocycles. The minimum Gasteiger partial charge on any atom is -0.768 e. The molecule has 106 valence electrons. The van der Waals surface area contributed by atoms with Crippen molar-refractivity contribution < 1.29 is 64.8 Å². The van der Waals surface area contributed by atoms with Crippen LogP contribution in [0, 0.1) is 10.1 Å². The fourth-order valence-electron chi connectivity index (χ4n) is 1.08. The van der Waals surface area contributed by atoms with Crippen LogP contribution in [0.4, 0.5) is 18.9 Å². The van der Waals surface area contributed by atoms with E-state index in [0.717, 1.165) is 0 Å². The first-order valence-corrected chi connectivity index (χ1v) is 6.73. The summed E-state index contributed by atoms with van der Waals surface area (Å²) < 4.78 is 79.9. The van der Waals surface area contributed by atoms with E-state index < -0.39 is 46.8 Å². The molecule has 0 aliphatic heterocycles. The van der Waals surface area contributed by atoms with Crippen LogP contribution in [0.15, 0.2) is 28.0 Å². The van der Waals surface area contributed by atoms with E-state index in [1.54, 1.807) is 0 Å². The van der Waals surface area contributed by atoms with Gasteiger partial charge in [-0.25, -0.2) is 8.42 Å². The van der Waals surface area contributed by atoms with E-state index in [-0.39, 0.29) is 35.6 Å². The van der Waals surface area contributed by atoms with Crippen molar-refractivity contribution >= 4 is 26.6 Å². The molecule has 0 N–H and O–H groups in total. The second kappa shape index (κ2) is 6.49. The Morgan fingerprint density at radius 3 is 2.10 bits per heavy atom. The van der Waals surface area contributed by atoms with E-state index >= 15 is 0 Å². The molecule has 0 amide bonds. The van der Waals surface area contributed by atoms with Crippen LogP contribution in [0.3, 0.4) is 0 Å². The van der Waals surface area contributed by atoms with Crippen molar-refractivity contribution in [3.05, 3.63) is 28.3 Å². The zero-order valence-corrected chi connectivity index (χ0v) is 13.2. The topological polar surface area (TPSA) is 117 Å². The molecule has 1 unspecified atom stereocenters. The molecule has 0 aliphatic carbocycles. The van der Waals surface area contributed by atoms with Crippen LogP contribution in [-0.4, -0.2) is 27.6 Å². The molecule has 20 heavy (non-hydrogen) atoms. The van der Waals surface area contributed by atoms with Gasteiger partial charge in [-0.2, -0.15) is 13.2 Å². The fourth-order valence-corrected chi connectivity index (χ4v) is 2.35. The van der Waals surface area contributed by atoms with Gasteiger partial charge in [0.05, 0.1) is 9.82 Å². The number of nitro benzene ring substituents is 1. The zero-order chi connectivity index (χ0) is 15.0. The van der Waals surface area contributed by atoms with Gasteiger partial charge in [-0.15, -0.1) is 0 Å². The molecule has 1 rings (SSSR count). The first-order chi connectivity index (χ1) is 8.48. The predicted octanol–water partition coefficient (Wildman–Crippen LogP) is -1.87. The van der Waals surface area contributed by atoms with Gasteiger partial charge in [-0.1, -0.05) is 0 Å². The van der Waals surface area contributed by atoms with Crippen LogP contribution in [0.2, 0.25) is 0 Å². The third-order valence-corrected chi connectivity index (χ3v) is 4.11. The number of nitro groups is 1. The van der Waals surface area contributed by atoms with Crippen LogP contribution in [0.1, 0.15) is 0 Å². The van der Waals surface area contributed by atoms with E-state index in [2.05, 4.69) is 0 Å². The maximum Gasteiger partial charge on any atom is 1.00 e. The zero-order valence-electron chi connectivity index (χ0n) is 9.58. The molecule has 0 bridgehead atoms. The molecule has 13 heteroatoms. The summed E-state index contributed by atoms with van der Waals surface area (Å²) in [7, 11) is -5.78. The van der Waals surface area contributed by atoms with Crippen molar-refractivity contribution in [1.82, 2.24) is 0 Å². The second-order valence-electron chi connectivity index (χ2n) is 3.07. The standard InChI is InChI=1S/C7H4F3NO6S2.Na/c8-7(9,10)19(16,17)4-1-2-6(18(14)15)5(3-4)11(12)13;/h1-3H,(H,14,15);/q;+1/p-1. The molecule has 0 fully saturated rings. The number of hydrogen-bond donors (Lipinski definition) is 0. The molecular formula is C7H3F3NNaO6S2. The Hall–Kier alpha value is -0.530. The Morgan fingerprint density at radius 2 is 1.75 bits per heavy atom. The Labute approximate surface area is 134 Å². The Kier molecular flexibility index (Phi) is 6.32. The Morgan fingerprint density at radius 1 is 1.25 bits per heavy atom. The summed E-state index contributed by atoms with van der Waals surface area (Å²) in [5, 5.41) is 10.5. The Bertz CT molecular complexity index is 659. The smallest absolute Gasteiger partial charge is 0.768 e. The minimum absolute atomic E-state index is 0. The van der Waals surface area contributed by atoms with E-state index in [9.17, 15) is 40.5 Å². The number of sulfone groups is 1. The third-order valence-electron chi connectivity index (χ3n) is 1.92. The number of hydrogen-bond acceptors (Lipinski definition) is 6. The van der Waals surface area contributed by atoms with E-state index in [0.29, 0.717) is 12.1 Å². The summed E-state index contributed by atoms with van der Waals surface area (Å²) in [5.74, 6) is 0. The SMILES string of the molecule is O=[N+]([O-])c1cc(S(=O)(=O)C(F)(F)F)ccc1S(=O)[O-].[Na+]. The molecule has 7 nitrogen and oxygen atoms in total. The third kappa shape index (κ3) is 3.77. The molecule has 0 spiro atoms. The summed E-state index contributed by atoms with van der Waals surface area (Å²) in [6.07, 6.45) is 0. The minimum atomic E-state index is -5.78.